The molecule has 0 radical (unpaired) electrons. The summed E-state index contributed by atoms with van der Waals surface area (Å²) in [5, 5.41) is 4.03. The lowest BCUT2D eigenvalue weighted by atomic mass is 10.0. The van der Waals surface area contributed by atoms with Crippen LogP contribution in [0.3, 0.4) is 0 Å². The van der Waals surface area contributed by atoms with Gasteiger partial charge in [-0.2, -0.15) is 0 Å². The summed E-state index contributed by atoms with van der Waals surface area (Å²) in [6.45, 7) is 12.4. The highest BCUT2D eigenvalue weighted by atomic mass is 35.5. The second-order valence-corrected chi connectivity index (χ2v) is 8.08. The molecule has 1 aliphatic rings. The van der Waals surface area contributed by atoms with Gasteiger partial charge in [-0.05, 0) is 37.5 Å². The first-order valence-electron chi connectivity index (χ1n) is 8.94. The summed E-state index contributed by atoms with van der Waals surface area (Å²) in [7, 11) is 0. The van der Waals surface area contributed by atoms with E-state index >= 15 is 0 Å². The van der Waals surface area contributed by atoms with Crippen LogP contribution in [0.2, 0.25) is 5.02 Å². The van der Waals surface area contributed by atoms with Crippen LogP contribution in [0.5, 0.6) is 0 Å². The number of ether oxygens (including phenoxy) is 1. The second kappa shape index (κ2) is 8.88. The van der Waals surface area contributed by atoms with Crippen LogP contribution in [-0.4, -0.2) is 49.2 Å². The molecular weight excluding hydrogens is 336 g/mol. The number of hydrogen-bond acceptors (Lipinski definition) is 3. The normalized spacial score (nSPS) is 19.8. The van der Waals surface area contributed by atoms with E-state index in [-0.39, 0.29) is 11.6 Å². The van der Waals surface area contributed by atoms with Crippen LogP contribution in [0.15, 0.2) is 29.3 Å². The minimum atomic E-state index is -0.153. The fraction of sp³-hybridized carbons (Fsp3) is 0.632. The van der Waals surface area contributed by atoms with Crippen molar-refractivity contribution in [1.29, 1.82) is 0 Å². The van der Waals surface area contributed by atoms with Crippen molar-refractivity contribution < 1.29 is 4.74 Å². The third-order valence-corrected chi connectivity index (χ3v) is 4.51. The van der Waals surface area contributed by atoms with Crippen molar-refractivity contribution in [1.82, 2.24) is 10.2 Å². The predicted octanol–water partition coefficient (Wildman–Crippen LogP) is 3.05. The predicted molar refractivity (Wildman–Crippen MR) is 105 cm³/mol. The Hall–Kier alpha value is -1.30. The maximum Gasteiger partial charge on any atom is 0.188 e. The molecule has 1 atom stereocenters. The van der Waals surface area contributed by atoms with Gasteiger partial charge < -0.3 is 15.8 Å². The summed E-state index contributed by atoms with van der Waals surface area (Å²) in [5.74, 6) is 0.993. The molecule has 1 heterocycles. The molecule has 2 rings (SSSR count). The number of hydrogen-bond donors (Lipinski definition) is 2. The fourth-order valence-corrected chi connectivity index (χ4v) is 3.13. The number of nitrogens with zero attached hydrogens (tertiary/aromatic N) is 2. The van der Waals surface area contributed by atoms with Crippen LogP contribution in [0, 0.1) is 5.92 Å². The van der Waals surface area contributed by atoms with E-state index < -0.39 is 0 Å². The topological polar surface area (TPSA) is 62.9 Å². The zero-order chi connectivity index (χ0) is 18.4. The molecule has 0 spiro atoms. The Kier molecular flexibility index (Phi) is 7.11. The molecule has 0 aromatic heterocycles. The summed E-state index contributed by atoms with van der Waals surface area (Å²) in [4.78, 5) is 6.84. The molecule has 25 heavy (non-hydrogen) atoms. The Labute approximate surface area is 156 Å². The van der Waals surface area contributed by atoms with Crippen LogP contribution >= 0.6 is 11.6 Å². The molecule has 0 saturated carbocycles. The van der Waals surface area contributed by atoms with Crippen molar-refractivity contribution in [2.75, 3.05) is 32.8 Å². The monoisotopic (exact) mass is 366 g/mol. The first kappa shape index (κ1) is 20.0. The number of rotatable bonds is 6. The average Bonchev–Trinajstić information content (AvgIpc) is 2.54. The fourth-order valence-electron chi connectivity index (χ4n) is 3.00. The molecule has 1 aliphatic heterocycles. The van der Waals surface area contributed by atoms with Gasteiger partial charge in [0.15, 0.2) is 5.96 Å². The van der Waals surface area contributed by atoms with Crippen LogP contribution in [0.25, 0.3) is 0 Å². The molecule has 3 N–H and O–H groups in total. The van der Waals surface area contributed by atoms with Gasteiger partial charge in [-0.25, -0.2) is 0 Å². The summed E-state index contributed by atoms with van der Waals surface area (Å²) >= 11 is 6.06. The molecule has 0 amide bonds. The average molecular weight is 367 g/mol. The lowest BCUT2D eigenvalue weighted by molar-refractivity contribution is -0.0971. The third kappa shape index (κ3) is 6.49. The zero-order valence-electron chi connectivity index (χ0n) is 15.8. The Bertz CT molecular complexity index is 571. The van der Waals surface area contributed by atoms with E-state index in [0.717, 1.165) is 31.3 Å². The lowest BCUT2D eigenvalue weighted by Crippen LogP contribution is -2.51. The van der Waals surface area contributed by atoms with Gasteiger partial charge in [-0.3, -0.25) is 9.89 Å². The first-order chi connectivity index (χ1) is 11.8. The molecule has 5 nitrogen and oxygen atoms in total. The first-order valence-corrected chi connectivity index (χ1v) is 9.32. The van der Waals surface area contributed by atoms with Gasteiger partial charge in [0.25, 0.3) is 0 Å². The Balaban J connectivity index is 2.12. The minimum absolute atomic E-state index is 0.153. The zero-order valence-corrected chi connectivity index (χ0v) is 16.5. The van der Waals surface area contributed by atoms with Crippen molar-refractivity contribution in [3.05, 3.63) is 34.9 Å². The molecule has 1 aromatic rings. The lowest BCUT2D eigenvalue weighted by Gasteiger charge is -2.42. The molecule has 1 fully saturated rings. The maximum atomic E-state index is 6.06. The van der Waals surface area contributed by atoms with E-state index in [9.17, 15) is 0 Å². The largest absolute Gasteiger partial charge is 0.373 e. The Morgan fingerprint density at radius 2 is 2.04 bits per heavy atom. The number of aliphatic imine (C=N–C) groups is 1. The highest BCUT2D eigenvalue weighted by Crippen LogP contribution is 2.27. The number of halogens is 1. The SMILES string of the molecule is CC(C)CN=C(N)NCC(c1ccc(Cl)cc1)N1CCOC(C)(C)C1. The highest BCUT2D eigenvalue weighted by molar-refractivity contribution is 6.30. The standard InChI is InChI=1S/C19H31ClN4O/c1-14(2)11-22-18(21)23-12-17(15-5-7-16(20)8-6-15)24-9-10-25-19(3,4)13-24/h5-8,14,17H,9-13H2,1-4H3,(H3,21,22,23). The quantitative estimate of drug-likeness (QED) is 0.600. The van der Waals surface area contributed by atoms with Crippen molar-refractivity contribution in [3.8, 4) is 0 Å². The minimum Gasteiger partial charge on any atom is -0.373 e. The van der Waals surface area contributed by atoms with Gasteiger partial charge in [-0.1, -0.05) is 37.6 Å². The van der Waals surface area contributed by atoms with E-state index in [1.807, 2.05) is 12.1 Å². The summed E-state index contributed by atoms with van der Waals surface area (Å²) in [6.07, 6.45) is 0. The molecule has 1 saturated heterocycles. The summed E-state index contributed by atoms with van der Waals surface area (Å²) < 4.78 is 5.86. The Morgan fingerprint density at radius 1 is 1.36 bits per heavy atom. The molecule has 0 bridgehead atoms. The van der Waals surface area contributed by atoms with Gasteiger partial charge in [0, 0.05) is 31.2 Å². The number of nitrogens with one attached hydrogen (secondary N) is 1. The van der Waals surface area contributed by atoms with Crippen molar-refractivity contribution in [2.24, 2.45) is 16.6 Å². The summed E-state index contributed by atoms with van der Waals surface area (Å²) in [6, 6.07) is 8.22. The maximum absolute atomic E-state index is 6.06. The molecule has 6 heteroatoms. The highest BCUT2D eigenvalue weighted by Gasteiger charge is 2.32. The van der Waals surface area contributed by atoms with Crippen molar-refractivity contribution in [3.63, 3.8) is 0 Å². The van der Waals surface area contributed by atoms with E-state index in [1.165, 1.54) is 5.56 Å². The molecule has 1 unspecified atom stereocenters. The van der Waals surface area contributed by atoms with Crippen LogP contribution in [0.4, 0.5) is 0 Å². The second-order valence-electron chi connectivity index (χ2n) is 7.65. The Morgan fingerprint density at radius 3 is 2.64 bits per heavy atom. The molecule has 140 valence electrons. The van der Waals surface area contributed by atoms with Gasteiger partial charge >= 0.3 is 0 Å². The van der Waals surface area contributed by atoms with Crippen molar-refractivity contribution in [2.45, 2.75) is 39.3 Å². The van der Waals surface area contributed by atoms with E-state index in [0.29, 0.717) is 18.4 Å². The third-order valence-electron chi connectivity index (χ3n) is 4.25. The smallest absolute Gasteiger partial charge is 0.188 e. The summed E-state index contributed by atoms with van der Waals surface area (Å²) in [5.41, 5.74) is 7.09. The number of nitrogens with two attached hydrogens (primary N) is 1. The van der Waals surface area contributed by atoms with Crippen LogP contribution < -0.4 is 11.1 Å². The number of benzene rings is 1. The molecule has 1 aromatic carbocycles. The molecule has 0 aliphatic carbocycles. The van der Waals surface area contributed by atoms with Crippen LogP contribution in [0.1, 0.15) is 39.3 Å². The van der Waals surface area contributed by atoms with Gasteiger partial charge in [0.05, 0.1) is 18.2 Å². The molecular formula is C19H31ClN4O. The number of morpholine rings is 1. The van der Waals surface area contributed by atoms with Gasteiger partial charge in [0.2, 0.25) is 0 Å². The number of guanidine groups is 1. The van der Waals surface area contributed by atoms with Crippen LogP contribution in [-0.2, 0) is 4.74 Å². The van der Waals surface area contributed by atoms with E-state index in [4.69, 9.17) is 22.1 Å². The van der Waals surface area contributed by atoms with E-state index in [2.05, 4.69) is 55.0 Å². The van der Waals surface area contributed by atoms with Gasteiger partial charge in [0.1, 0.15) is 0 Å². The van der Waals surface area contributed by atoms with Gasteiger partial charge in [-0.15, -0.1) is 0 Å². The van der Waals surface area contributed by atoms with E-state index in [1.54, 1.807) is 0 Å². The van der Waals surface area contributed by atoms with Crippen molar-refractivity contribution >= 4 is 17.6 Å².